The predicted octanol–water partition coefficient (Wildman–Crippen LogP) is 3.06. The number of fused-ring (bicyclic) bond motifs is 2. The Morgan fingerprint density at radius 2 is 2.00 bits per heavy atom. The van der Waals surface area contributed by atoms with Gasteiger partial charge in [0.1, 0.15) is 5.52 Å². The number of H-pyrrole nitrogens is 1. The van der Waals surface area contributed by atoms with Crippen molar-refractivity contribution in [2.24, 2.45) is 13.0 Å². The lowest BCUT2D eigenvalue weighted by Gasteiger charge is -2.25. The molecule has 5 rings (SSSR count). The Hall–Kier alpha value is -2.54. The Labute approximate surface area is 163 Å². The van der Waals surface area contributed by atoms with Gasteiger partial charge in [-0.05, 0) is 42.5 Å². The SMILES string of the molecule is CCS(=O)(=O)c1ccc2c(c1)-c1cn(C)c(=O)c3[nH]cc(c13)CN2CC1CC1. The van der Waals surface area contributed by atoms with Crippen molar-refractivity contribution in [3.63, 3.8) is 0 Å². The standard InChI is InChI=1S/C21H23N3O3S/c1-3-28(26,27)15-6-7-18-16(8-15)17-12-23(2)21(25)20-19(17)14(9-22-20)11-24(18)10-13-4-5-13/h6-9,12-13,22H,3-5,10-11H2,1-2H3. The summed E-state index contributed by atoms with van der Waals surface area (Å²) in [6.07, 6.45) is 6.24. The van der Waals surface area contributed by atoms with E-state index in [-0.39, 0.29) is 11.3 Å². The number of rotatable bonds is 4. The van der Waals surface area contributed by atoms with Crippen LogP contribution in [0, 0.1) is 5.92 Å². The van der Waals surface area contributed by atoms with E-state index in [9.17, 15) is 13.2 Å². The molecule has 6 nitrogen and oxygen atoms in total. The van der Waals surface area contributed by atoms with Gasteiger partial charge in [-0.2, -0.15) is 0 Å². The number of anilines is 1. The number of nitrogens with zero attached hydrogens (tertiary/aromatic N) is 2. The van der Waals surface area contributed by atoms with Gasteiger partial charge in [0.2, 0.25) is 0 Å². The molecule has 0 spiro atoms. The van der Waals surface area contributed by atoms with E-state index in [4.69, 9.17) is 0 Å². The van der Waals surface area contributed by atoms with Crippen LogP contribution in [0.4, 0.5) is 5.69 Å². The average molecular weight is 398 g/mol. The van der Waals surface area contributed by atoms with E-state index < -0.39 is 9.84 Å². The Kier molecular flexibility index (Phi) is 3.75. The maximum Gasteiger partial charge on any atom is 0.274 e. The van der Waals surface area contributed by atoms with Crippen LogP contribution in [0.15, 0.2) is 40.3 Å². The van der Waals surface area contributed by atoms with E-state index in [0.29, 0.717) is 22.9 Å². The Balaban J connectivity index is 1.83. The maximum atomic E-state index is 12.6. The Morgan fingerprint density at radius 1 is 1.21 bits per heavy atom. The summed E-state index contributed by atoms with van der Waals surface area (Å²) in [5.41, 5.74) is 4.43. The number of sulfone groups is 1. The second kappa shape index (κ2) is 5.98. The van der Waals surface area contributed by atoms with Gasteiger partial charge in [-0.25, -0.2) is 8.42 Å². The molecular weight excluding hydrogens is 374 g/mol. The zero-order valence-electron chi connectivity index (χ0n) is 16.0. The first kappa shape index (κ1) is 17.6. The Bertz CT molecular complexity index is 1270. The number of nitrogens with one attached hydrogen (secondary N) is 1. The second-order valence-electron chi connectivity index (χ2n) is 7.93. The fraction of sp³-hybridized carbons (Fsp3) is 0.381. The molecule has 1 aliphatic heterocycles. The van der Waals surface area contributed by atoms with Crippen LogP contribution < -0.4 is 10.5 Å². The molecule has 28 heavy (non-hydrogen) atoms. The summed E-state index contributed by atoms with van der Waals surface area (Å²) in [5, 5.41) is 0.911. The van der Waals surface area contributed by atoms with E-state index in [2.05, 4.69) is 9.88 Å². The Morgan fingerprint density at radius 3 is 2.71 bits per heavy atom. The zero-order chi connectivity index (χ0) is 19.6. The van der Waals surface area contributed by atoms with Gasteiger partial charge in [0.25, 0.3) is 5.56 Å². The number of pyridine rings is 1. The molecule has 3 heterocycles. The third kappa shape index (κ3) is 2.60. The normalized spacial score (nSPS) is 16.3. The number of aromatic nitrogens is 2. The first-order valence-corrected chi connectivity index (χ1v) is 11.4. The van der Waals surface area contributed by atoms with Crippen molar-refractivity contribution < 1.29 is 8.42 Å². The second-order valence-corrected chi connectivity index (χ2v) is 10.2. The van der Waals surface area contributed by atoms with Crippen molar-refractivity contribution in [1.82, 2.24) is 9.55 Å². The predicted molar refractivity (Wildman–Crippen MR) is 110 cm³/mol. The van der Waals surface area contributed by atoms with Crippen molar-refractivity contribution in [3.8, 4) is 11.1 Å². The van der Waals surface area contributed by atoms with Gasteiger partial charge in [-0.3, -0.25) is 4.79 Å². The van der Waals surface area contributed by atoms with Crippen LogP contribution in [0.5, 0.6) is 0 Å². The van der Waals surface area contributed by atoms with Crippen molar-refractivity contribution in [1.29, 1.82) is 0 Å². The molecule has 1 fully saturated rings. The minimum atomic E-state index is -3.32. The molecule has 0 amide bonds. The molecule has 146 valence electrons. The summed E-state index contributed by atoms with van der Waals surface area (Å²) < 4.78 is 26.6. The summed E-state index contributed by atoms with van der Waals surface area (Å²) in [6, 6.07) is 5.45. The quantitative estimate of drug-likeness (QED) is 0.734. The summed E-state index contributed by atoms with van der Waals surface area (Å²) in [5.74, 6) is 0.754. The zero-order valence-corrected chi connectivity index (χ0v) is 16.8. The molecule has 7 heteroatoms. The van der Waals surface area contributed by atoms with Crippen LogP contribution in [0.1, 0.15) is 25.3 Å². The number of aryl methyl sites for hydroxylation is 1. The smallest absolute Gasteiger partial charge is 0.274 e. The molecule has 2 aromatic heterocycles. The molecule has 1 aromatic carbocycles. The molecule has 0 bridgehead atoms. The fourth-order valence-electron chi connectivity index (χ4n) is 4.20. The molecule has 3 aromatic rings. The molecule has 0 unspecified atom stereocenters. The third-order valence-electron chi connectivity index (χ3n) is 5.96. The molecule has 2 aliphatic rings. The molecule has 0 atom stereocenters. The number of aromatic amines is 1. The first-order chi connectivity index (χ1) is 13.4. The lowest BCUT2D eigenvalue weighted by atomic mass is 10.0. The average Bonchev–Trinajstić information content (AvgIpc) is 3.43. The van der Waals surface area contributed by atoms with Gasteiger partial charge in [0.15, 0.2) is 9.84 Å². The van der Waals surface area contributed by atoms with Gasteiger partial charge < -0.3 is 14.5 Å². The fourth-order valence-corrected chi connectivity index (χ4v) is 5.10. The van der Waals surface area contributed by atoms with Gasteiger partial charge in [-0.15, -0.1) is 0 Å². The van der Waals surface area contributed by atoms with Crippen molar-refractivity contribution in [2.45, 2.75) is 31.2 Å². The van der Waals surface area contributed by atoms with Crippen LogP contribution in [-0.2, 0) is 23.4 Å². The molecule has 1 saturated carbocycles. The lowest BCUT2D eigenvalue weighted by molar-refractivity contribution is 0.597. The van der Waals surface area contributed by atoms with Crippen LogP contribution in [-0.4, -0.2) is 30.3 Å². The first-order valence-electron chi connectivity index (χ1n) is 9.70. The largest absolute Gasteiger partial charge is 0.366 e. The number of benzene rings is 1. The van der Waals surface area contributed by atoms with Crippen molar-refractivity contribution >= 4 is 26.4 Å². The van der Waals surface area contributed by atoms with E-state index in [0.717, 1.165) is 34.3 Å². The maximum absolute atomic E-state index is 12.6. The van der Waals surface area contributed by atoms with Crippen LogP contribution in [0.3, 0.4) is 0 Å². The molecule has 0 saturated heterocycles. The molecule has 1 aliphatic carbocycles. The topological polar surface area (TPSA) is 75.2 Å². The van der Waals surface area contributed by atoms with Crippen molar-refractivity contribution in [2.75, 3.05) is 17.2 Å². The minimum absolute atomic E-state index is 0.0651. The van der Waals surface area contributed by atoms with Crippen LogP contribution in [0.2, 0.25) is 0 Å². The molecule has 0 radical (unpaired) electrons. The van der Waals surface area contributed by atoms with Crippen molar-refractivity contribution in [3.05, 3.63) is 46.5 Å². The molecule has 1 N–H and O–H groups in total. The summed E-state index contributed by atoms with van der Waals surface area (Å²) in [6.45, 7) is 3.32. The van der Waals surface area contributed by atoms with Gasteiger partial charge in [0.05, 0.1) is 10.6 Å². The highest BCUT2D eigenvalue weighted by Crippen LogP contribution is 2.43. The van der Waals surface area contributed by atoms with Gasteiger partial charge >= 0.3 is 0 Å². The minimum Gasteiger partial charge on any atom is -0.366 e. The highest BCUT2D eigenvalue weighted by Gasteiger charge is 2.30. The summed E-state index contributed by atoms with van der Waals surface area (Å²) in [4.78, 5) is 18.4. The molecular formula is C21H23N3O3S. The highest BCUT2D eigenvalue weighted by atomic mass is 32.2. The van der Waals surface area contributed by atoms with E-state index in [1.54, 1.807) is 30.7 Å². The lowest BCUT2D eigenvalue weighted by Crippen LogP contribution is -2.25. The third-order valence-corrected chi connectivity index (χ3v) is 7.70. The highest BCUT2D eigenvalue weighted by molar-refractivity contribution is 7.91. The van der Waals surface area contributed by atoms with Crippen LogP contribution in [0.25, 0.3) is 22.0 Å². The number of hydrogen-bond acceptors (Lipinski definition) is 4. The monoisotopic (exact) mass is 397 g/mol. The number of hydrogen-bond donors (Lipinski definition) is 1. The van der Waals surface area contributed by atoms with E-state index in [1.807, 2.05) is 18.5 Å². The van der Waals surface area contributed by atoms with Crippen LogP contribution >= 0.6 is 0 Å². The van der Waals surface area contributed by atoms with E-state index >= 15 is 0 Å². The summed E-state index contributed by atoms with van der Waals surface area (Å²) >= 11 is 0. The van der Waals surface area contributed by atoms with Gasteiger partial charge in [-0.1, -0.05) is 6.92 Å². The summed E-state index contributed by atoms with van der Waals surface area (Å²) in [7, 11) is -1.58. The van der Waals surface area contributed by atoms with E-state index in [1.165, 1.54) is 12.8 Å². The van der Waals surface area contributed by atoms with Gasteiger partial charge in [0, 0.05) is 54.7 Å².